The van der Waals surface area contributed by atoms with Gasteiger partial charge in [0.2, 0.25) is 0 Å². The predicted octanol–water partition coefficient (Wildman–Crippen LogP) is 2.86. The minimum Gasteiger partial charge on any atom is -0.368 e. The molecule has 3 fully saturated rings. The lowest BCUT2D eigenvalue weighted by Gasteiger charge is -2.45. The summed E-state index contributed by atoms with van der Waals surface area (Å²) in [6.07, 6.45) is 6.80. The number of benzene rings is 1. The molecule has 4 N–H and O–H groups in total. The van der Waals surface area contributed by atoms with Crippen LogP contribution in [0.1, 0.15) is 55.3 Å². The van der Waals surface area contributed by atoms with Gasteiger partial charge in [-0.2, -0.15) is 0 Å². The first-order valence-electron chi connectivity index (χ1n) is 10.2. The Hall–Kier alpha value is -1.63. The molecule has 0 aromatic heterocycles. The number of halogens is 1. The second-order valence-electron chi connectivity index (χ2n) is 8.25. The maximum atomic E-state index is 12.8. The van der Waals surface area contributed by atoms with E-state index >= 15 is 0 Å². The zero-order valence-corrected chi connectivity index (χ0v) is 16.9. The summed E-state index contributed by atoms with van der Waals surface area (Å²) in [6.45, 7) is 0.633. The van der Waals surface area contributed by atoms with Gasteiger partial charge in [-0.3, -0.25) is 9.59 Å². The van der Waals surface area contributed by atoms with Crippen molar-refractivity contribution in [3.8, 4) is 0 Å². The maximum absolute atomic E-state index is 12.8. The van der Waals surface area contributed by atoms with Gasteiger partial charge < -0.3 is 21.1 Å². The van der Waals surface area contributed by atoms with Gasteiger partial charge in [0.1, 0.15) is 6.10 Å². The Morgan fingerprint density at radius 3 is 2.50 bits per heavy atom. The molecule has 1 heterocycles. The third kappa shape index (κ3) is 4.67. The standard InChI is InChI=1S/C21H29N3O3.ClH/c22-16-10-13-4-1-5-14(11-16)19(13)24-20(25)15-6-2-7-17(12-15)23-21(26)18-8-3-9-27-18;/h2,6-7,12-14,16,18-19H,1,3-5,8-11,22H2,(H,23,26)(H,24,25);1H. The first-order chi connectivity index (χ1) is 13.1. The second-order valence-corrected chi connectivity index (χ2v) is 8.25. The highest BCUT2D eigenvalue weighted by atomic mass is 35.5. The van der Waals surface area contributed by atoms with Crippen LogP contribution in [0.4, 0.5) is 5.69 Å². The van der Waals surface area contributed by atoms with Gasteiger partial charge in [-0.05, 0) is 68.6 Å². The van der Waals surface area contributed by atoms with E-state index in [0.29, 0.717) is 29.7 Å². The van der Waals surface area contributed by atoms with Crippen molar-refractivity contribution in [3.63, 3.8) is 0 Å². The highest BCUT2D eigenvalue weighted by Crippen LogP contribution is 2.39. The van der Waals surface area contributed by atoms with Crippen molar-refractivity contribution in [1.82, 2.24) is 5.32 Å². The zero-order valence-electron chi connectivity index (χ0n) is 16.1. The maximum Gasteiger partial charge on any atom is 0.253 e. The minimum atomic E-state index is -0.381. The van der Waals surface area contributed by atoms with E-state index in [4.69, 9.17) is 10.5 Å². The van der Waals surface area contributed by atoms with E-state index in [2.05, 4.69) is 10.6 Å². The highest BCUT2D eigenvalue weighted by Gasteiger charge is 2.40. The monoisotopic (exact) mass is 407 g/mol. The van der Waals surface area contributed by atoms with Crippen molar-refractivity contribution in [2.75, 3.05) is 11.9 Å². The number of rotatable bonds is 4. The topological polar surface area (TPSA) is 93.5 Å². The molecule has 3 aliphatic rings. The molecule has 4 rings (SSSR count). The summed E-state index contributed by atoms with van der Waals surface area (Å²) >= 11 is 0. The third-order valence-electron chi connectivity index (χ3n) is 6.29. The van der Waals surface area contributed by atoms with Crippen molar-refractivity contribution in [2.45, 2.75) is 63.1 Å². The van der Waals surface area contributed by atoms with Gasteiger partial charge in [0, 0.05) is 29.9 Å². The van der Waals surface area contributed by atoms with Crippen LogP contribution in [0.25, 0.3) is 0 Å². The molecule has 3 unspecified atom stereocenters. The largest absolute Gasteiger partial charge is 0.368 e. The van der Waals surface area contributed by atoms with Gasteiger partial charge in [0.05, 0.1) is 0 Å². The lowest BCUT2D eigenvalue weighted by Crippen LogP contribution is -2.53. The molecule has 154 valence electrons. The average Bonchev–Trinajstić information content (AvgIpc) is 3.17. The molecular formula is C21H30ClN3O3. The molecule has 7 heteroatoms. The first-order valence-corrected chi connectivity index (χ1v) is 10.2. The normalized spacial score (nSPS) is 31.5. The van der Waals surface area contributed by atoms with Gasteiger partial charge in [0.15, 0.2) is 0 Å². The Labute approximate surface area is 172 Å². The Morgan fingerprint density at radius 1 is 1.07 bits per heavy atom. The van der Waals surface area contributed by atoms with Crippen molar-refractivity contribution in [3.05, 3.63) is 29.8 Å². The van der Waals surface area contributed by atoms with Gasteiger partial charge in [-0.25, -0.2) is 0 Å². The van der Waals surface area contributed by atoms with Crippen molar-refractivity contribution in [1.29, 1.82) is 0 Å². The summed E-state index contributed by atoms with van der Waals surface area (Å²) < 4.78 is 5.41. The summed E-state index contributed by atoms with van der Waals surface area (Å²) in [4.78, 5) is 25.1. The lowest BCUT2D eigenvalue weighted by atomic mass is 9.67. The second kappa shape index (κ2) is 9.25. The van der Waals surface area contributed by atoms with Crippen molar-refractivity contribution >= 4 is 29.9 Å². The molecule has 2 bridgehead atoms. The van der Waals surface area contributed by atoms with Crippen LogP contribution < -0.4 is 16.4 Å². The van der Waals surface area contributed by atoms with Crippen LogP contribution in [-0.4, -0.2) is 36.6 Å². The summed E-state index contributed by atoms with van der Waals surface area (Å²) in [5, 5.41) is 6.13. The Bertz CT molecular complexity index is 694. The molecule has 28 heavy (non-hydrogen) atoms. The molecule has 6 nitrogen and oxygen atoms in total. The van der Waals surface area contributed by atoms with Gasteiger partial charge >= 0.3 is 0 Å². The number of hydrogen-bond donors (Lipinski definition) is 3. The number of fused-ring (bicyclic) bond motifs is 2. The molecule has 2 saturated carbocycles. The van der Waals surface area contributed by atoms with Crippen LogP contribution in [0.2, 0.25) is 0 Å². The van der Waals surface area contributed by atoms with E-state index in [1.807, 2.05) is 0 Å². The fourth-order valence-corrected chi connectivity index (χ4v) is 5.00. The highest BCUT2D eigenvalue weighted by molar-refractivity contribution is 5.98. The van der Waals surface area contributed by atoms with Gasteiger partial charge in [-0.15, -0.1) is 12.4 Å². The van der Waals surface area contributed by atoms with Crippen LogP contribution in [0.15, 0.2) is 24.3 Å². The van der Waals surface area contributed by atoms with Crippen LogP contribution >= 0.6 is 12.4 Å². The smallest absolute Gasteiger partial charge is 0.253 e. The number of nitrogens with two attached hydrogens (primary N) is 1. The number of amides is 2. The summed E-state index contributed by atoms with van der Waals surface area (Å²) in [5.74, 6) is 0.763. The SMILES string of the molecule is Cl.NC1CC2CCCC(C1)C2NC(=O)c1cccc(NC(=O)C2CCCO2)c1. The number of nitrogens with one attached hydrogen (secondary N) is 2. The Balaban J connectivity index is 0.00000225. The number of anilines is 1. The molecule has 0 spiro atoms. The van der Waals surface area contributed by atoms with Crippen LogP contribution in [-0.2, 0) is 9.53 Å². The van der Waals surface area contributed by atoms with Crippen LogP contribution in [0, 0.1) is 11.8 Å². The van der Waals surface area contributed by atoms with Gasteiger partial charge in [0.25, 0.3) is 11.8 Å². The van der Waals surface area contributed by atoms with Gasteiger partial charge in [-0.1, -0.05) is 12.5 Å². The number of ether oxygens (including phenoxy) is 1. The number of carbonyl (C=O) groups is 2. The van der Waals surface area contributed by atoms with E-state index in [0.717, 1.165) is 38.5 Å². The predicted molar refractivity (Wildman–Crippen MR) is 111 cm³/mol. The van der Waals surface area contributed by atoms with E-state index in [-0.39, 0.29) is 42.4 Å². The molecule has 1 aromatic carbocycles. The first kappa shape index (κ1) is 21.1. The molecule has 1 aliphatic heterocycles. The number of hydrogen-bond acceptors (Lipinski definition) is 4. The number of carbonyl (C=O) groups excluding carboxylic acids is 2. The summed E-state index contributed by atoms with van der Waals surface area (Å²) in [6, 6.07) is 7.63. The molecule has 2 amide bonds. The molecule has 1 aromatic rings. The molecular weight excluding hydrogens is 378 g/mol. The summed E-state index contributed by atoms with van der Waals surface area (Å²) in [7, 11) is 0. The van der Waals surface area contributed by atoms with E-state index in [9.17, 15) is 9.59 Å². The quantitative estimate of drug-likeness (QED) is 0.715. The van der Waals surface area contributed by atoms with Crippen LogP contribution in [0.5, 0.6) is 0 Å². The van der Waals surface area contributed by atoms with E-state index < -0.39 is 0 Å². The van der Waals surface area contributed by atoms with Crippen molar-refractivity contribution in [2.24, 2.45) is 17.6 Å². The Morgan fingerprint density at radius 2 is 1.82 bits per heavy atom. The minimum absolute atomic E-state index is 0. The third-order valence-corrected chi connectivity index (χ3v) is 6.29. The molecule has 2 aliphatic carbocycles. The Kier molecular flexibility index (Phi) is 6.96. The average molecular weight is 408 g/mol. The van der Waals surface area contributed by atoms with Crippen LogP contribution in [0.3, 0.4) is 0 Å². The van der Waals surface area contributed by atoms with Crippen molar-refractivity contribution < 1.29 is 14.3 Å². The zero-order chi connectivity index (χ0) is 18.8. The fourth-order valence-electron chi connectivity index (χ4n) is 5.00. The lowest BCUT2D eigenvalue weighted by molar-refractivity contribution is -0.124. The van der Waals surface area contributed by atoms with E-state index in [1.54, 1.807) is 24.3 Å². The summed E-state index contributed by atoms with van der Waals surface area (Å²) in [5.41, 5.74) is 7.39. The fraction of sp³-hybridized carbons (Fsp3) is 0.619. The molecule has 1 saturated heterocycles. The molecule has 0 radical (unpaired) electrons. The molecule has 3 atom stereocenters. The van der Waals surface area contributed by atoms with E-state index in [1.165, 1.54) is 6.42 Å².